The van der Waals surface area contributed by atoms with Crippen LogP contribution in [-0.4, -0.2) is 17.8 Å². The summed E-state index contributed by atoms with van der Waals surface area (Å²) in [7, 11) is 0. The first-order valence-electron chi connectivity index (χ1n) is 9.57. The van der Waals surface area contributed by atoms with Gasteiger partial charge in [0.15, 0.2) is 0 Å². The lowest BCUT2D eigenvalue weighted by molar-refractivity contribution is -0.144. The van der Waals surface area contributed by atoms with Gasteiger partial charge in [0.1, 0.15) is 6.61 Å². The fraction of sp³-hybridized carbons (Fsp3) is 0.348. The summed E-state index contributed by atoms with van der Waals surface area (Å²) in [5.74, 6) is -1.55. The monoisotopic (exact) mass is 381 g/mol. The summed E-state index contributed by atoms with van der Waals surface area (Å²) in [6, 6.07) is 6.25. The smallest absolute Gasteiger partial charge is 0.310 e. The van der Waals surface area contributed by atoms with Crippen LogP contribution in [0.3, 0.4) is 0 Å². The maximum absolute atomic E-state index is 12.1. The van der Waals surface area contributed by atoms with Gasteiger partial charge < -0.3 is 4.74 Å². The first-order valence-corrected chi connectivity index (χ1v) is 9.57. The van der Waals surface area contributed by atoms with E-state index in [1.54, 1.807) is 0 Å². The van der Waals surface area contributed by atoms with Gasteiger partial charge in [-0.25, -0.2) is 0 Å². The third kappa shape index (κ3) is 6.65. The van der Waals surface area contributed by atoms with Gasteiger partial charge in [0.25, 0.3) is 11.8 Å². The van der Waals surface area contributed by atoms with E-state index in [2.05, 4.69) is 30.6 Å². The van der Waals surface area contributed by atoms with E-state index in [1.807, 2.05) is 18.2 Å². The van der Waals surface area contributed by atoms with Gasteiger partial charge in [-0.2, -0.15) is 0 Å². The average Bonchev–Trinajstić information content (AvgIpc) is 2.98. The molecular formula is C23H27NO4. The van der Waals surface area contributed by atoms with Crippen molar-refractivity contribution in [1.29, 1.82) is 0 Å². The molecule has 0 radical (unpaired) electrons. The number of hydrogen-bond acceptors (Lipinski definition) is 4. The molecule has 1 N–H and O–H groups in total. The fourth-order valence-corrected chi connectivity index (χ4v) is 3.04. The van der Waals surface area contributed by atoms with Gasteiger partial charge >= 0.3 is 5.97 Å². The number of benzene rings is 1. The second-order valence-electron chi connectivity index (χ2n) is 6.79. The Labute approximate surface area is 166 Å². The van der Waals surface area contributed by atoms with Crippen LogP contribution in [0.5, 0.6) is 0 Å². The Bertz CT molecular complexity index is 792. The fourth-order valence-electron chi connectivity index (χ4n) is 3.04. The van der Waals surface area contributed by atoms with Gasteiger partial charge in [0.2, 0.25) is 0 Å². The molecule has 148 valence electrons. The number of amides is 2. The topological polar surface area (TPSA) is 72.5 Å². The lowest BCUT2D eigenvalue weighted by Gasteiger charge is -2.12. The van der Waals surface area contributed by atoms with Gasteiger partial charge in [-0.05, 0) is 55.2 Å². The second kappa shape index (κ2) is 11.0. The van der Waals surface area contributed by atoms with Crippen LogP contribution < -0.4 is 5.32 Å². The number of hydrogen-bond donors (Lipinski definition) is 1. The molecule has 5 heteroatoms. The van der Waals surface area contributed by atoms with Crippen LogP contribution in [-0.2, 0) is 38.6 Å². The van der Waals surface area contributed by atoms with Crippen LogP contribution in [0.1, 0.15) is 48.8 Å². The molecule has 0 spiro atoms. The van der Waals surface area contributed by atoms with Crippen LogP contribution in [0.25, 0.3) is 0 Å². The van der Waals surface area contributed by atoms with Crippen molar-refractivity contribution in [2.45, 2.75) is 51.6 Å². The zero-order valence-corrected chi connectivity index (χ0v) is 16.2. The molecule has 1 aliphatic heterocycles. The Morgan fingerprint density at radius 3 is 2.39 bits per heavy atom. The Morgan fingerprint density at radius 2 is 1.75 bits per heavy atom. The number of unbranched alkanes of at least 4 members (excludes halogenated alkanes) is 2. The van der Waals surface area contributed by atoms with Gasteiger partial charge in [-0.1, -0.05) is 30.4 Å². The van der Waals surface area contributed by atoms with Crippen molar-refractivity contribution in [2.75, 3.05) is 0 Å². The maximum atomic E-state index is 12.1. The standard InChI is InChI=1S/C23H27NO4/c1-3-5-7-9-17-11-12-19(18(13-17)10-8-6-4-2)16-28-22(26)15-20-14-21(25)24-23(20)27/h3-4,11-14H,1-2,5-10,15-16H2,(H,24,25,27). The Morgan fingerprint density at radius 1 is 1.04 bits per heavy atom. The van der Waals surface area contributed by atoms with Crippen molar-refractivity contribution in [3.63, 3.8) is 0 Å². The van der Waals surface area contributed by atoms with Crippen LogP contribution in [0.4, 0.5) is 0 Å². The number of esters is 1. The zero-order valence-electron chi connectivity index (χ0n) is 16.2. The van der Waals surface area contributed by atoms with E-state index >= 15 is 0 Å². The van der Waals surface area contributed by atoms with E-state index in [4.69, 9.17) is 4.74 Å². The molecule has 28 heavy (non-hydrogen) atoms. The SMILES string of the molecule is C=CCCCc1ccc(COC(=O)CC2=CC(=O)NC2=O)c(CCCC=C)c1. The predicted octanol–water partition coefficient (Wildman–Crippen LogP) is 3.72. The van der Waals surface area contributed by atoms with E-state index in [-0.39, 0.29) is 18.6 Å². The molecule has 0 saturated heterocycles. The van der Waals surface area contributed by atoms with Crippen molar-refractivity contribution in [3.05, 3.63) is 71.8 Å². The Hall–Kier alpha value is -2.95. The molecule has 1 aliphatic rings. The molecule has 0 unspecified atom stereocenters. The Balaban J connectivity index is 1.99. The maximum Gasteiger partial charge on any atom is 0.310 e. The molecule has 1 heterocycles. The lowest BCUT2D eigenvalue weighted by atomic mass is 9.97. The summed E-state index contributed by atoms with van der Waals surface area (Å²) in [5.41, 5.74) is 3.53. The molecule has 2 rings (SSSR count). The van der Waals surface area contributed by atoms with Crippen molar-refractivity contribution in [3.8, 4) is 0 Å². The Kier molecular flexibility index (Phi) is 8.40. The van der Waals surface area contributed by atoms with E-state index in [1.165, 1.54) is 11.1 Å². The predicted molar refractivity (Wildman–Crippen MR) is 108 cm³/mol. The largest absolute Gasteiger partial charge is 0.461 e. The van der Waals surface area contributed by atoms with Gasteiger partial charge in [-0.15, -0.1) is 13.2 Å². The highest BCUT2D eigenvalue weighted by molar-refractivity contribution is 6.17. The zero-order chi connectivity index (χ0) is 20.4. The van der Waals surface area contributed by atoms with Crippen LogP contribution in [0, 0.1) is 0 Å². The van der Waals surface area contributed by atoms with E-state index in [9.17, 15) is 14.4 Å². The van der Waals surface area contributed by atoms with Gasteiger partial charge in [0, 0.05) is 11.6 Å². The summed E-state index contributed by atoms with van der Waals surface area (Å²) < 4.78 is 5.35. The molecule has 0 atom stereocenters. The van der Waals surface area contributed by atoms with Crippen molar-refractivity contribution in [2.24, 2.45) is 0 Å². The molecule has 0 fully saturated rings. The van der Waals surface area contributed by atoms with Crippen molar-refractivity contribution < 1.29 is 19.1 Å². The average molecular weight is 381 g/mol. The third-order valence-electron chi connectivity index (χ3n) is 4.56. The molecule has 1 aromatic rings. The van der Waals surface area contributed by atoms with Crippen molar-refractivity contribution >= 4 is 17.8 Å². The molecule has 0 bridgehead atoms. The normalized spacial score (nSPS) is 13.1. The molecule has 0 aromatic heterocycles. The molecular weight excluding hydrogens is 354 g/mol. The number of carbonyl (C=O) groups is 3. The van der Waals surface area contributed by atoms with E-state index in [0.717, 1.165) is 50.2 Å². The van der Waals surface area contributed by atoms with E-state index in [0.29, 0.717) is 0 Å². The minimum atomic E-state index is -0.532. The summed E-state index contributed by atoms with van der Waals surface area (Å²) >= 11 is 0. The third-order valence-corrected chi connectivity index (χ3v) is 4.56. The molecule has 2 amide bonds. The van der Waals surface area contributed by atoms with Gasteiger partial charge in [0.05, 0.1) is 6.42 Å². The van der Waals surface area contributed by atoms with Crippen LogP contribution >= 0.6 is 0 Å². The molecule has 0 aliphatic carbocycles. The highest BCUT2D eigenvalue weighted by atomic mass is 16.5. The number of allylic oxidation sites excluding steroid dienone is 2. The second-order valence-corrected chi connectivity index (χ2v) is 6.79. The summed E-state index contributed by atoms with van der Waals surface area (Å²) in [5, 5.41) is 2.12. The summed E-state index contributed by atoms with van der Waals surface area (Å²) in [6.07, 6.45) is 10.6. The quantitative estimate of drug-likeness (QED) is 0.259. The minimum absolute atomic E-state index is 0.138. The number of carbonyl (C=O) groups excluding carboxylic acids is 3. The molecule has 1 aromatic carbocycles. The molecule has 0 saturated carbocycles. The summed E-state index contributed by atoms with van der Waals surface area (Å²) in [4.78, 5) is 34.7. The number of aryl methyl sites for hydroxylation is 2. The van der Waals surface area contributed by atoms with Crippen LogP contribution in [0.2, 0.25) is 0 Å². The molecule has 5 nitrogen and oxygen atoms in total. The first-order chi connectivity index (χ1) is 13.5. The number of ether oxygens (including phenoxy) is 1. The highest BCUT2D eigenvalue weighted by Crippen LogP contribution is 2.19. The number of imide groups is 1. The lowest BCUT2D eigenvalue weighted by Crippen LogP contribution is -2.23. The number of rotatable bonds is 12. The summed E-state index contributed by atoms with van der Waals surface area (Å²) in [6.45, 7) is 7.67. The highest BCUT2D eigenvalue weighted by Gasteiger charge is 2.23. The minimum Gasteiger partial charge on any atom is -0.461 e. The first kappa shape index (κ1) is 21.4. The van der Waals surface area contributed by atoms with Crippen LogP contribution in [0.15, 0.2) is 55.2 Å². The van der Waals surface area contributed by atoms with E-state index < -0.39 is 17.8 Å². The van der Waals surface area contributed by atoms with Gasteiger partial charge in [-0.3, -0.25) is 19.7 Å². The number of nitrogens with one attached hydrogen (secondary N) is 1. The van der Waals surface area contributed by atoms with Crippen molar-refractivity contribution in [1.82, 2.24) is 5.32 Å².